The molecule has 1 atom stereocenters. The first-order valence-electron chi connectivity index (χ1n) is 17.8. The topological polar surface area (TPSA) is 43.3 Å². The van der Waals surface area contributed by atoms with Gasteiger partial charge in [-0.05, 0) is 67.6 Å². The van der Waals surface area contributed by atoms with E-state index < -0.39 is 6.03 Å². The molecule has 1 spiro atoms. The average Bonchev–Trinajstić information content (AvgIpc) is 3.29. The summed E-state index contributed by atoms with van der Waals surface area (Å²) in [5, 5.41) is 0. The van der Waals surface area contributed by atoms with Crippen LogP contribution in [0.1, 0.15) is 109 Å². The van der Waals surface area contributed by atoms with Crippen molar-refractivity contribution in [3.05, 3.63) is 81.9 Å². The quantitative estimate of drug-likeness (QED) is 0.267. The van der Waals surface area contributed by atoms with E-state index in [0.717, 1.165) is 85.5 Å². The van der Waals surface area contributed by atoms with E-state index >= 15 is 0 Å². The van der Waals surface area contributed by atoms with Crippen molar-refractivity contribution in [1.82, 2.24) is 9.80 Å². The van der Waals surface area contributed by atoms with Gasteiger partial charge in [-0.15, -0.1) is 0 Å². The number of hydrogen-bond donors (Lipinski definition) is 0. The van der Waals surface area contributed by atoms with Gasteiger partial charge in [-0.1, -0.05) is 80.5 Å². The zero-order valence-corrected chi connectivity index (χ0v) is 30.3. The van der Waals surface area contributed by atoms with E-state index in [-0.39, 0.29) is 16.2 Å². The number of hydrogen-bond acceptors (Lipinski definition) is 5. The van der Waals surface area contributed by atoms with Crippen molar-refractivity contribution in [1.29, 1.82) is 0 Å². The van der Waals surface area contributed by atoms with Crippen molar-refractivity contribution < 1.29 is 18.6 Å². The summed E-state index contributed by atoms with van der Waals surface area (Å²) < 4.78 is 19.2. The predicted molar refractivity (Wildman–Crippen MR) is 193 cm³/mol. The molecule has 0 N–H and O–H groups in total. The molecular formula is C41H51N5O2+2. The van der Waals surface area contributed by atoms with Gasteiger partial charge in [-0.3, -0.25) is 4.99 Å². The van der Waals surface area contributed by atoms with E-state index in [0.29, 0.717) is 0 Å². The van der Waals surface area contributed by atoms with E-state index in [4.69, 9.17) is 14.5 Å². The predicted octanol–water partition coefficient (Wildman–Crippen LogP) is 7.78. The maximum absolute atomic E-state index is 7.42. The van der Waals surface area contributed by atoms with Crippen LogP contribution in [-0.4, -0.2) is 69.6 Å². The van der Waals surface area contributed by atoms with Crippen molar-refractivity contribution in [3.8, 4) is 11.5 Å². The van der Waals surface area contributed by atoms with Crippen LogP contribution >= 0.6 is 0 Å². The van der Waals surface area contributed by atoms with E-state index in [2.05, 4.69) is 142 Å². The van der Waals surface area contributed by atoms with Gasteiger partial charge in [-0.2, -0.15) is 0 Å². The van der Waals surface area contributed by atoms with E-state index in [1.807, 2.05) is 0 Å². The summed E-state index contributed by atoms with van der Waals surface area (Å²) in [6.45, 7) is 25.3. The fourth-order valence-electron chi connectivity index (χ4n) is 7.75. The van der Waals surface area contributed by atoms with Crippen molar-refractivity contribution in [2.24, 2.45) is 4.99 Å². The zero-order chi connectivity index (χ0) is 33.8. The molecule has 48 heavy (non-hydrogen) atoms. The van der Waals surface area contributed by atoms with Gasteiger partial charge in [0.25, 0.3) is 11.4 Å². The van der Waals surface area contributed by atoms with Gasteiger partial charge in [0.2, 0.25) is 0 Å². The Morgan fingerprint density at radius 3 is 1.92 bits per heavy atom. The summed E-state index contributed by atoms with van der Waals surface area (Å²) in [5.41, 5.74) is 9.05. The number of nitrogens with zero attached hydrogens (tertiary/aromatic N) is 5. The second kappa shape index (κ2) is 10.4. The summed E-state index contributed by atoms with van der Waals surface area (Å²) >= 11 is 0. The van der Waals surface area contributed by atoms with Gasteiger partial charge >= 0.3 is 6.03 Å². The molecule has 7 nitrogen and oxygen atoms in total. The van der Waals surface area contributed by atoms with E-state index in [1.54, 1.807) is 0 Å². The SMILES string of the molecule is CC(C)(C)c1cc2c(c(CN3CCCN4CCCN=C43)c1)OC13Oc4c(cc(C(C)(C)C)cc4C(C)(C)C)C=[N+]1c1ccccc1[N+]3=C2. The second-order valence-corrected chi connectivity index (χ2v) is 17.3. The highest BCUT2D eigenvalue weighted by Crippen LogP contribution is 2.51. The van der Waals surface area contributed by atoms with Crippen molar-refractivity contribution in [3.63, 3.8) is 0 Å². The third-order valence-electron chi connectivity index (χ3n) is 10.5. The van der Waals surface area contributed by atoms with E-state index in [1.165, 1.54) is 22.3 Å². The molecule has 1 saturated heterocycles. The molecule has 1 fully saturated rings. The van der Waals surface area contributed by atoms with Crippen LogP contribution in [0.25, 0.3) is 0 Å². The standard InChI is InChI=1S/C41H51N5O2/c1-38(2,3)30-20-27(24-44-19-13-18-43-17-12-16-42-37(43)44)35-28(21-30)25-45-33-14-10-11-15-34(33)46-26-29-22-31(39(4,5)6)23-32(40(7,8)9)36(29)48-41(45,46)47-35/h10-11,14-15,20-23,25-26H,12-13,16-19,24H2,1-9H3/q+2. The lowest BCUT2D eigenvalue weighted by atomic mass is 9.79. The zero-order valence-electron chi connectivity index (χ0n) is 30.3. The summed E-state index contributed by atoms with van der Waals surface area (Å²) in [7, 11) is 0. The molecule has 5 aliphatic heterocycles. The maximum atomic E-state index is 7.42. The van der Waals surface area contributed by atoms with Gasteiger partial charge in [0.1, 0.15) is 0 Å². The molecule has 0 saturated carbocycles. The van der Waals surface area contributed by atoms with Crippen molar-refractivity contribution >= 4 is 29.8 Å². The van der Waals surface area contributed by atoms with Crippen LogP contribution < -0.4 is 9.47 Å². The Labute approximate surface area is 286 Å². The highest BCUT2D eigenvalue weighted by Gasteiger charge is 2.73. The van der Waals surface area contributed by atoms with Crippen molar-refractivity contribution in [2.75, 3.05) is 26.2 Å². The minimum atomic E-state index is -1.23. The van der Waals surface area contributed by atoms with Gasteiger partial charge in [0, 0.05) is 56.0 Å². The number of aliphatic imine (C=N–C) groups is 1. The van der Waals surface area contributed by atoms with Gasteiger partial charge in [0.05, 0.1) is 11.1 Å². The molecule has 5 heterocycles. The highest BCUT2D eigenvalue weighted by atomic mass is 16.7. The Balaban J connectivity index is 1.33. The summed E-state index contributed by atoms with van der Waals surface area (Å²) in [4.78, 5) is 9.94. The third-order valence-corrected chi connectivity index (χ3v) is 10.5. The number of guanidine groups is 1. The fraction of sp³-hybridized carbons (Fsp3) is 0.488. The van der Waals surface area contributed by atoms with Gasteiger partial charge in [-0.25, -0.2) is 0 Å². The smallest absolute Gasteiger partial charge is 0.343 e. The number of ether oxygens (including phenoxy) is 2. The molecule has 7 heteroatoms. The molecule has 0 amide bonds. The number of rotatable bonds is 2. The van der Waals surface area contributed by atoms with Crippen LogP contribution in [-0.2, 0) is 22.8 Å². The van der Waals surface area contributed by atoms with Crippen LogP contribution in [0.2, 0.25) is 0 Å². The number of benzene rings is 3. The summed E-state index contributed by atoms with van der Waals surface area (Å²) in [6.07, 6.45) is 6.77. The van der Waals surface area contributed by atoms with Gasteiger partial charge in [0.15, 0.2) is 29.9 Å². The summed E-state index contributed by atoms with van der Waals surface area (Å²) in [6, 6.07) is 16.6. The fourth-order valence-corrected chi connectivity index (χ4v) is 7.75. The first-order valence-corrected chi connectivity index (χ1v) is 17.8. The lowest BCUT2D eigenvalue weighted by Crippen LogP contribution is -2.59. The Bertz CT molecular complexity index is 1930. The summed E-state index contributed by atoms with van der Waals surface area (Å²) in [5.74, 6) is 2.90. The monoisotopic (exact) mass is 645 g/mol. The Kier molecular flexibility index (Phi) is 6.77. The van der Waals surface area contributed by atoms with Gasteiger partial charge < -0.3 is 19.3 Å². The lowest BCUT2D eigenvalue weighted by Gasteiger charge is -2.41. The van der Waals surface area contributed by atoms with Crippen LogP contribution in [0.5, 0.6) is 11.5 Å². The van der Waals surface area contributed by atoms with E-state index in [9.17, 15) is 0 Å². The number of fused-ring (bicyclic) bond motifs is 6. The minimum Gasteiger partial charge on any atom is -0.343 e. The van der Waals surface area contributed by atoms with Crippen LogP contribution in [0, 0.1) is 0 Å². The van der Waals surface area contributed by atoms with Crippen LogP contribution in [0.4, 0.5) is 11.4 Å². The van der Waals surface area contributed by atoms with Crippen LogP contribution in [0.15, 0.2) is 53.5 Å². The molecule has 250 valence electrons. The molecule has 0 aliphatic carbocycles. The lowest BCUT2D eigenvalue weighted by molar-refractivity contribution is -0.831. The Morgan fingerprint density at radius 1 is 0.708 bits per heavy atom. The molecule has 3 aromatic carbocycles. The maximum Gasteiger partial charge on any atom is 0.715 e. The largest absolute Gasteiger partial charge is 0.715 e. The molecule has 0 aromatic heterocycles. The third kappa shape index (κ3) is 4.87. The molecule has 3 aromatic rings. The second-order valence-electron chi connectivity index (χ2n) is 17.3. The first-order chi connectivity index (χ1) is 22.6. The van der Waals surface area contributed by atoms with Crippen LogP contribution in [0.3, 0.4) is 0 Å². The molecular weight excluding hydrogens is 594 g/mol. The number of para-hydroxylation sites is 2. The average molecular weight is 646 g/mol. The Morgan fingerprint density at radius 2 is 1.29 bits per heavy atom. The molecule has 1 unspecified atom stereocenters. The molecule has 5 aliphatic rings. The van der Waals surface area contributed by atoms with Crippen molar-refractivity contribution in [2.45, 2.75) is 104 Å². The Hall–Kier alpha value is -4.13. The normalized spacial score (nSPS) is 21.3. The minimum absolute atomic E-state index is 0.00661. The highest BCUT2D eigenvalue weighted by molar-refractivity contribution is 5.87. The molecule has 8 rings (SSSR count). The molecule has 0 bridgehead atoms. The first kappa shape index (κ1) is 31.2. The molecule has 0 radical (unpaired) electrons.